The molecule has 0 aliphatic carbocycles. The minimum absolute atomic E-state index is 0.0641. The number of aryl methyl sites for hydroxylation is 3. The Morgan fingerprint density at radius 3 is 2.62 bits per heavy atom. The number of nitrogens with zero attached hydrogens (tertiary/aromatic N) is 4. The molecule has 2 aromatic carbocycles. The fraction of sp³-hybridized carbons (Fsp3) is 0.292. The second kappa shape index (κ2) is 9.82. The first-order valence-electron chi connectivity index (χ1n) is 10.4. The first-order chi connectivity index (χ1) is 15.5. The van der Waals surface area contributed by atoms with Gasteiger partial charge in [0, 0.05) is 25.5 Å². The zero-order valence-electron chi connectivity index (χ0n) is 18.4. The molecule has 32 heavy (non-hydrogen) atoms. The SMILES string of the molecule is COc1ccc(OCC(=O)N(CCCn2ccnc2)c2nc3c(C)c(C)ccc3s2)cc1. The van der Waals surface area contributed by atoms with Gasteiger partial charge in [-0.1, -0.05) is 17.4 Å². The lowest BCUT2D eigenvalue weighted by Gasteiger charge is -2.20. The van der Waals surface area contributed by atoms with Crippen LogP contribution in [0.2, 0.25) is 0 Å². The summed E-state index contributed by atoms with van der Waals surface area (Å²) in [4.78, 5) is 23.8. The van der Waals surface area contributed by atoms with Gasteiger partial charge in [0.05, 0.1) is 23.7 Å². The van der Waals surface area contributed by atoms with E-state index in [-0.39, 0.29) is 12.5 Å². The summed E-state index contributed by atoms with van der Waals surface area (Å²) in [5.74, 6) is 1.23. The fourth-order valence-electron chi connectivity index (χ4n) is 3.38. The number of anilines is 1. The van der Waals surface area contributed by atoms with Crippen molar-refractivity contribution in [2.75, 3.05) is 25.2 Å². The second-order valence-corrected chi connectivity index (χ2v) is 8.52. The molecule has 2 aromatic heterocycles. The molecule has 0 N–H and O–H groups in total. The van der Waals surface area contributed by atoms with Crippen molar-refractivity contribution in [3.05, 3.63) is 66.2 Å². The van der Waals surface area contributed by atoms with E-state index in [9.17, 15) is 4.79 Å². The first kappa shape index (κ1) is 21.8. The average Bonchev–Trinajstić information content (AvgIpc) is 3.48. The summed E-state index contributed by atoms with van der Waals surface area (Å²) in [6, 6.07) is 11.4. The molecular weight excluding hydrogens is 424 g/mol. The molecule has 8 heteroatoms. The summed E-state index contributed by atoms with van der Waals surface area (Å²) in [6.45, 7) is 5.39. The van der Waals surface area contributed by atoms with Gasteiger partial charge in [0.2, 0.25) is 0 Å². The molecule has 166 valence electrons. The molecule has 2 heterocycles. The zero-order valence-corrected chi connectivity index (χ0v) is 19.3. The number of hydrogen-bond donors (Lipinski definition) is 0. The highest BCUT2D eigenvalue weighted by Gasteiger charge is 2.21. The van der Waals surface area contributed by atoms with Crippen LogP contribution in [-0.4, -0.2) is 40.7 Å². The van der Waals surface area contributed by atoms with E-state index < -0.39 is 0 Å². The Hall–Kier alpha value is -3.39. The molecule has 0 aliphatic rings. The highest BCUT2D eigenvalue weighted by atomic mass is 32.1. The Balaban J connectivity index is 1.52. The van der Waals surface area contributed by atoms with E-state index in [0.29, 0.717) is 17.4 Å². The van der Waals surface area contributed by atoms with E-state index in [1.165, 1.54) is 16.9 Å². The van der Waals surface area contributed by atoms with Gasteiger partial charge < -0.3 is 14.0 Å². The quantitative estimate of drug-likeness (QED) is 0.372. The Bertz CT molecular complexity index is 1190. The van der Waals surface area contributed by atoms with E-state index in [0.717, 1.165) is 34.5 Å². The van der Waals surface area contributed by atoms with Crippen LogP contribution >= 0.6 is 11.3 Å². The second-order valence-electron chi connectivity index (χ2n) is 7.51. The molecule has 7 nitrogen and oxygen atoms in total. The van der Waals surface area contributed by atoms with Crippen LogP contribution in [0.3, 0.4) is 0 Å². The predicted octanol–water partition coefficient (Wildman–Crippen LogP) is 4.62. The number of methoxy groups -OCH3 is 1. The maximum atomic E-state index is 13.2. The number of imidazole rings is 1. The minimum Gasteiger partial charge on any atom is -0.497 e. The number of thiazole rings is 1. The largest absolute Gasteiger partial charge is 0.497 e. The monoisotopic (exact) mass is 450 g/mol. The number of rotatable bonds is 9. The molecule has 0 aliphatic heterocycles. The molecular formula is C24H26N4O3S. The van der Waals surface area contributed by atoms with Gasteiger partial charge in [-0.3, -0.25) is 9.69 Å². The molecule has 0 saturated carbocycles. The maximum absolute atomic E-state index is 13.2. The van der Waals surface area contributed by atoms with Crippen LogP contribution in [0.25, 0.3) is 10.2 Å². The number of carbonyl (C=O) groups is 1. The van der Waals surface area contributed by atoms with E-state index in [1.807, 2.05) is 10.8 Å². The summed E-state index contributed by atoms with van der Waals surface area (Å²) in [7, 11) is 1.61. The van der Waals surface area contributed by atoms with Gasteiger partial charge in [-0.15, -0.1) is 0 Å². The summed E-state index contributed by atoms with van der Waals surface area (Å²) in [5.41, 5.74) is 3.29. The van der Waals surface area contributed by atoms with Crippen LogP contribution in [0, 0.1) is 13.8 Å². The van der Waals surface area contributed by atoms with Crippen LogP contribution in [0.15, 0.2) is 55.1 Å². The lowest BCUT2D eigenvalue weighted by molar-refractivity contribution is -0.120. The summed E-state index contributed by atoms with van der Waals surface area (Å²) < 4.78 is 14.0. The highest BCUT2D eigenvalue weighted by Crippen LogP contribution is 2.32. The summed E-state index contributed by atoms with van der Waals surface area (Å²) in [6.07, 6.45) is 6.23. The van der Waals surface area contributed by atoms with E-state index in [4.69, 9.17) is 14.5 Å². The molecule has 4 rings (SSSR count). The Kier molecular flexibility index (Phi) is 6.70. The Labute approximate surface area is 191 Å². The van der Waals surface area contributed by atoms with Gasteiger partial charge in [-0.05, 0) is 61.7 Å². The van der Waals surface area contributed by atoms with Crippen LogP contribution in [0.4, 0.5) is 5.13 Å². The molecule has 0 fully saturated rings. The van der Waals surface area contributed by atoms with Gasteiger partial charge in [-0.25, -0.2) is 9.97 Å². The van der Waals surface area contributed by atoms with Crippen molar-refractivity contribution in [3.63, 3.8) is 0 Å². The normalized spacial score (nSPS) is 11.0. The number of benzene rings is 2. The van der Waals surface area contributed by atoms with Crippen molar-refractivity contribution in [3.8, 4) is 11.5 Å². The summed E-state index contributed by atoms with van der Waals surface area (Å²) >= 11 is 1.53. The predicted molar refractivity (Wildman–Crippen MR) is 127 cm³/mol. The lowest BCUT2D eigenvalue weighted by Crippen LogP contribution is -2.36. The maximum Gasteiger partial charge on any atom is 0.266 e. The van der Waals surface area contributed by atoms with Gasteiger partial charge in [0.1, 0.15) is 11.5 Å². The molecule has 1 amide bonds. The van der Waals surface area contributed by atoms with Gasteiger partial charge in [0.15, 0.2) is 11.7 Å². The molecule has 0 atom stereocenters. The number of carbonyl (C=O) groups excluding carboxylic acids is 1. The van der Waals surface area contributed by atoms with E-state index in [2.05, 4.69) is 31.0 Å². The Morgan fingerprint density at radius 1 is 1.12 bits per heavy atom. The van der Waals surface area contributed by atoms with Crippen LogP contribution in [0.1, 0.15) is 17.5 Å². The van der Waals surface area contributed by atoms with Crippen LogP contribution < -0.4 is 14.4 Å². The fourth-order valence-corrected chi connectivity index (χ4v) is 4.45. The zero-order chi connectivity index (χ0) is 22.5. The number of fused-ring (bicyclic) bond motifs is 1. The topological polar surface area (TPSA) is 69.5 Å². The van der Waals surface area contributed by atoms with Gasteiger partial charge in [0.25, 0.3) is 5.91 Å². The first-order valence-corrected chi connectivity index (χ1v) is 11.3. The molecule has 0 radical (unpaired) electrons. The van der Waals surface area contributed by atoms with Crippen molar-refractivity contribution < 1.29 is 14.3 Å². The Morgan fingerprint density at radius 2 is 1.91 bits per heavy atom. The molecule has 0 spiro atoms. The molecule has 0 saturated heterocycles. The third-order valence-corrected chi connectivity index (χ3v) is 6.43. The number of ether oxygens (including phenoxy) is 2. The average molecular weight is 451 g/mol. The van der Waals surface area contributed by atoms with Gasteiger partial charge >= 0.3 is 0 Å². The van der Waals surface area contributed by atoms with Crippen molar-refractivity contribution in [1.29, 1.82) is 0 Å². The van der Waals surface area contributed by atoms with Crippen molar-refractivity contribution in [2.24, 2.45) is 0 Å². The van der Waals surface area contributed by atoms with Gasteiger partial charge in [-0.2, -0.15) is 0 Å². The van der Waals surface area contributed by atoms with Crippen molar-refractivity contribution in [2.45, 2.75) is 26.8 Å². The van der Waals surface area contributed by atoms with E-state index in [1.54, 1.807) is 48.8 Å². The van der Waals surface area contributed by atoms with Crippen LogP contribution in [-0.2, 0) is 11.3 Å². The third-order valence-electron chi connectivity index (χ3n) is 5.38. The standard InChI is InChI=1S/C24H26N4O3S/c1-17-5-10-21-23(18(17)2)26-24(32-21)28(13-4-12-27-14-11-25-16-27)22(29)15-31-20-8-6-19(30-3)7-9-20/h5-11,14,16H,4,12-13,15H2,1-3H3. The molecule has 0 bridgehead atoms. The number of aromatic nitrogens is 3. The third kappa shape index (κ3) is 4.91. The lowest BCUT2D eigenvalue weighted by atomic mass is 10.1. The van der Waals surface area contributed by atoms with E-state index >= 15 is 0 Å². The smallest absolute Gasteiger partial charge is 0.266 e. The number of hydrogen-bond acceptors (Lipinski definition) is 6. The highest BCUT2D eigenvalue weighted by molar-refractivity contribution is 7.22. The number of amides is 1. The molecule has 4 aromatic rings. The minimum atomic E-state index is -0.125. The van der Waals surface area contributed by atoms with Crippen LogP contribution in [0.5, 0.6) is 11.5 Å². The van der Waals surface area contributed by atoms with Crippen molar-refractivity contribution >= 4 is 32.6 Å². The molecule has 0 unspecified atom stereocenters. The van der Waals surface area contributed by atoms with Crippen molar-refractivity contribution in [1.82, 2.24) is 14.5 Å². The summed E-state index contributed by atoms with van der Waals surface area (Å²) in [5, 5.41) is 0.697.